The Balaban J connectivity index is 1.36. The minimum atomic E-state index is 0.216. The first kappa shape index (κ1) is 18.7. The van der Waals surface area contributed by atoms with Crippen molar-refractivity contribution in [2.75, 3.05) is 38.2 Å². The largest absolute Gasteiger partial charge is 0.481 e. The van der Waals surface area contributed by atoms with Gasteiger partial charge in [0.05, 0.1) is 7.11 Å². The van der Waals surface area contributed by atoms with Crippen LogP contribution >= 0.6 is 0 Å². The lowest BCUT2D eigenvalue weighted by molar-refractivity contribution is -0.138. The third kappa shape index (κ3) is 4.08. The molecule has 28 heavy (non-hydrogen) atoms. The van der Waals surface area contributed by atoms with Crippen LogP contribution < -0.4 is 9.64 Å². The maximum Gasteiger partial charge on any atom is 0.228 e. The number of carbonyl (C=O) groups is 1. The number of hydrogen-bond acceptors (Lipinski definition) is 6. The lowest BCUT2D eigenvalue weighted by Gasteiger charge is -2.47. The van der Waals surface area contributed by atoms with Crippen molar-refractivity contribution in [1.29, 1.82) is 0 Å². The van der Waals surface area contributed by atoms with Crippen molar-refractivity contribution < 1.29 is 9.53 Å². The van der Waals surface area contributed by atoms with Crippen LogP contribution in [-0.2, 0) is 11.2 Å². The molecule has 0 aromatic carbocycles. The van der Waals surface area contributed by atoms with Gasteiger partial charge < -0.3 is 14.5 Å². The Hall–Kier alpha value is -2.70. The van der Waals surface area contributed by atoms with Gasteiger partial charge >= 0.3 is 0 Å². The van der Waals surface area contributed by atoms with Gasteiger partial charge in [0.1, 0.15) is 0 Å². The minimum Gasteiger partial charge on any atom is -0.481 e. The quantitative estimate of drug-likeness (QED) is 0.792. The van der Waals surface area contributed by atoms with Crippen molar-refractivity contribution in [2.24, 2.45) is 5.41 Å². The van der Waals surface area contributed by atoms with Gasteiger partial charge in [0.25, 0.3) is 0 Å². The molecule has 0 bridgehead atoms. The van der Waals surface area contributed by atoms with Crippen LogP contribution in [0.2, 0.25) is 0 Å². The van der Waals surface area contributed by atoms with Crippen LogP contribution in [0.4, 0.5) is 5.95 Å². The van der Waals surface area contributed by atoms with Crippen LogP contribution in [-0.4, -0.2) is 59.0 Å². The van der Waals surface area contributed by atoms with E-state index in [0.717, 1.165) is 63.5 Å². The molecule has 0 saturated carbocycles. The van der Waals surface area contributed by atoms with Gasteiger partial charge in [0.2, 0.25) is 17.7 Å². The zero-order chi connectivity index (χ0) is 19.4. The Morgan fingerprint density at radius 3 is 2.71 bits per heavy atom. The number of rotatable bonds is 5. The number of anilines is 1. The molecule has 148 valence electrons. The maximum atomic E-state index is 12.5. The number of nitrogens with zero attached hydrogens (tertiary/aromatic N) is 5. The molecule has 0 unspecified atom stereocenters. The predicted molar refractivity (Wildman–Crippen MR) is 106 cm³/mol. The molecular formula is C21H27N5O2. The molecule has 7 nitrogen and oxygen atoms in total. The van der Waals surface area contributed by atoms with E-state index in [1.807, 2.05) is 24.4 Å². The van der Waals surface area contributed by atoms with Crippen LogP contribution in [0.3, 0.4) is 0 Å². The molecule has 1 amide bonds. The van der Waals surface area contributed by atoms with Crippen LogP contribution in [0.1, 0.15) is 31.4 Å². The molecule has 2 aromatic heterocycles. The standard InChI is InChI=1S/C21H27N5O2/c1-28-18-6-12-23-20(24-18)25-14-9-21(10-15-25)8-5-19(27)26(16-21)13-7-17-4-2-3-11-22-17/h2-4,6,11-12H,5,7-10,13-16H2,1H3. The molecule has 0 atom stereocenters. The predicted octanol–water partition coefficient (Wildman–Crippen LogP) is 2.33. The average molecular weight is 381 g/mol. The van der Waals surface area contributed by atoms with Gasteiger partial charge in [-0.2, -0.15) is 4.98 Å². The summed E-state index contributed by atoms with van der Waals surface area (Å²) >= 11 is 0. The zero-order valence-electron chi connectivity index (χ0n) is 16.4. The number of ether oxygens (including phenoxy) is 1. The summed E-state index contributed by atoms with van der Waals surface area (Å²) < 4.78 is 5.22. The van der Waals surface area contributed by atoms with E-state index in [2.05, 4.69) is 24.8 Å². The number of aromatic nitrogens is 3. The second kappa shape index (κ2) is 8.12. The monoisotopic (exact) mass is 381 g/mol. The summed E-state index contributed by atoms with van der Waals surface area (Å²) in [6.45, 7) is 3.43. The Bertz CT molecular complexity index is 805. The molecule has 2 aliphatic rings. The van der Waals surface area contributed by atoms with E-state index < -0.39 is 0 Å². The van der Waals surface area contributed by atoms with Gasteiger partial charge in [0.15, 0.2) is 0 Å². The van der Waals surface area contributed by atoms with Crippen molar-refractivity contribution in [1.82, 2.24) is 19.9 Å². The Kier molecular flexibility index (Phi) is 5.41. The number of pyridine rings is 1. The molecule has 1 spiro atoms. The average Bonchev–Trinajstić information content (AvgIpc) is 2.76. The molecule has 7 heteroatoms. The lowest BCUT2D eigenvalue weighted by Crippen LogP contribution is -2.52. The molecule has 2 aromatic rings. The fraction of sp³-hybridized carbons (Fsp3) is 0.524. The zero-order valence-corrected chi connectivity index (χ0v) is 16.4. The van der Waals surface area contributed by atoms with Crippen molar-refractivity contribution in [3.63, 3.8) is 0 Å². The molecule has 4 rings (SSSR count). The van der Waals surface area contributed by atoms with Crippen molar-refractivity contribution in [3.8, 4) is 5.88 Å². The van der Waals surface area contributed by atoms with Gasteiger partial charge in [0, 0.05) is 63.2 Å². The molecule has 2 fully saturated rings. The number of amides is 1. The van der Waals surface area contributed by atoms with Crippen molar-refractivity contribution >= 4 is 11.9 Å². The highest BCUT2D eigenvalue weighted by atomic mass is 16.5. The fourth-order valence-corrected chi connectivity index (χ4v) is 4.29. The number of methoxy groups -OCH3 is 1. The van der Waals surface area contributed by atoms with Gasteiger partial charge in [-0.15, -0.1) is 0 Å². The number of likely N-dealkylation sites (tertiary alicyclic amines) is 1. The Morgan fingerprint density at radius 1 is 1.11 bits per heavy atom. The molecule has 2 saturated heterocycles. The van der Waals surface area contributed by atoms with Crippen LogP contribution in [0, 0.1) is 5.41 Å². The van der Waals surface area contributed by atoms with E-state index >= 15 is 0 Å². The van der Waals surface area contributed by atoms with E-state index in [1.54, 1.807) is 19.4 Å². The topological polar surface area (TPSA) is 71.5 Å². The minimum absolute atomic E-state index is 0.216. The summed E-state index contributed by atoms with van der Waals surface area (Å²) in [4.78, 5) is 30.0. The van der Waals surface area contributed by atoms with Gasteiger partial charge in [-0.25, -0.2) is 4.98 Å². The van der Waals surface area contributed by atoms with Crippen molar-refractivity contribution in [3.05, 3.63) is 42.4 Å². The summed E-state index contributed by atoms with van der Waals surface area (Å²) in [5, 5.41) is 0. The maximum absolute atomic E-state index is 12.5. The van der Waals surface area contributed by atoms with Crippen LogP contribution in [0.5, 0.6) is 5.88 Å². The van der Waals surface area contributed by atoms with Crippen LogP contribution in [0.15, 0.2) is 36.7 Å². The Labute approximate surface area is 165 Å². The normalized spacial score (nSPS) is 19.1. The smallest absolute Gasteiger partial charge is 0.228 e. The van der Waals surface area contributed by atoms with Crippen molar-refractivity contribution in [2.45, 2.75) is 32.1 Å². The molecular weight excluding hydrogens is 354 g/mol. The third-order valence-electron chi connectivity index (χ3n) is 6.05. The molecule has 2 aliphatic heterocycles. The first-order valence-electron chi connectivity index (χ1n) is 9.97. The molecule has 0 N–H and O–H groups in total. The summed E-state index contributed by atoms with van der Waals surface area (Å²) in [6, 6.07) is 7.71. The number of carbonyl (C=O) groups excluding carboxylic acids is 1. The fourth-order valence-electron chi connectivity index (χ4n) is 4.29. The van der Waals surface area contributed by atoms with E-state index in [-0.39, 0.29) is 11.3 Å². The SMILES string of the molecule is COc1ccnc(N2CCC3(CCC(=O)N(CCc4ccccn4)C3)CC2)n1. The van der Waals surface area contributed by atoms with E-state index in [4.69, 9.17) is 4.74 Å². The third-order valence-corrected chi connectivity index (χ3v) is 6.05. The van der Waals surface area contributed by atoms with Crippen LogP contribution in [0.25, 0.3) is 0 Å². The molecule has 0 radical (unpaired) electrons. The van der Waals surface area contributed by atoms with Gasteiger partial charge in [-0.3, -0.25) is 9.78 Å². The van der Waals surface area contributed by atoms with Gasteiger partial charge in [-0.05, 0) is 36.8 Å². The summed E-state index contributed by atoms with van der Waals surface area (Å²) in [5.41, 5.74) is 1.26. The number of piperidine rings is 2. The molecule has 4 heterocycles. The lowest BCUT2D eigenvalue weighted by atomic mass is 9.72. The van der Waals surface area contributed by atoms with E-state index in [1.165, 1.54) is 0 Å². The van der Waals surface area contributed by atoms with E-state index in [9.17, 15) is 4.79 Å². The summed E-state index contributed by atoms with van der Waals surface area (Å²) in [6.07, 6.45) is 8.11. The highest BCUT2D eigenvalue weighted by molar-refractivity contribution is 5.77. The summed E-state index contributed by atoms with van der Waals surface area (Å²) in [5.74, 6) is 1.60. The molecule has 0 aliphatic carbocycles. The Morgan fingerprint density at radius 2 is 1.96 bits per heavy atom. The number of hydrogen-bond donors (Lipinski definition) is 0. The summed E-state index contributed by atoms with van der Waals surface area (Å²) in [7, 11) is 1.62. The second-order valence-corrected chi connectivity index (χ2v) is 7.77. The first-order chi connectivity index (χ1) is 13.7. The first-order valence-corrected chi connectivity index (χ1v) is 9.97. The highest BCUT2D eigenvalue weighted by Gasteiger charge is 2.41. The van der Waals surface area contributed by atoms with E-state index in [0.29, 0.717) is 12.3 Å². The van der Waals surface area contributed by atoms with Gasteiger partial charge in [-0.1, -0.05) is 6.07 Å². The second-order valence-electron chi connectivity index (χ2n) is 7.77. The highest BCUT2D eigenvalue weighted by Crippen LogP contribution is 2.40.